The van der Waals surface area contributed by atoms with Crippen LogP contribution in [0.25, 0.3) is 11.1 Å². The Balaban J connectivity index is 1.19. The van der Waals surface area contributed by atoms with Crippen molar-refractivity contribution in [3.63, 3.8) is 0 Å². The number of nitrogens with one attached hydrogen (secondary N) is 1. The van der Waals surface area contributed by atoms with E-state index in [4.69, 9.17) is 4.74 Å². The minimum Gasteiger partial charge on any atom is -0.481 e. The number of hydrogen-bond acceptors (Lipinski definition) is 4. The molecule has 1 saturated carbocycles. The van der Waals surface area contributed by atoms with Gasteiger partial charge < -0.3 is 20.1 Å². The number of carboxylic acids is 1. The molecule has 0 spiro atoms. The summed E-state index contributed by atoms with van der Waals surface area (Å²) in [6.45, 7) is 2.77. The molecule has 1 aliphatic heterocycles. The van der Waals surface area contributed by atoms with Gasteiger partial charge in [0.2, 0.25) is 5.91 Å². The van der Waals surface area contributed by atoms with Gasteiger partial charge in [-0.3, -0.25) is 9.59 Å². The molecular weight excluding hydrogens is 444 g/mol. The Kier molecular flexibility index (Phi) is 6.26. The van der Waals surface area contributed by atoms with Gasteiger partial charge in [-0.15, -0.1) is 0 Å². The summed E-state index contributed by atoms with van der Waals surface area (Å²) in [5.41, 5.74) is 3.75. The average molecular weight is 477 g/mol. The highest BCUT2D eigenvalue weighted by atomic mass is 16.5. The Morgan fingerprint density at radius 1 is 1.09 bits per heavy atom. The summed E-state index contributed by atoms with van der Waals surface area (Å²) in [6.07, 6.45) is 2.83. The number of hydrogen-bond donors (Lipinski definition) is 2. The molecule has 184 valence electrons. The molecule has 3 aliphatic rings. The molecular formula is C28H32N2O5. The zero-order chi connectivity index (χ0) is 24.6. The summed E-state index contributed by atoms with van der Waals surface area (Å²) in [7, 11) is 0. The van der Waals surface area contributed by atoms with Gasteiger partial charge in [-0.1, -0.05) is 61.4 Å². The second-order valence-electron chi connectivity index (χ2n) is 10.5. The predicted octanol–water partition coefficient (Wildman–Crippen LogP) is 4.26. The first kappa shape index (κ1) is 23.4. The maximum Gasteiger partial charge on any atom is 0.407 e. The number of benzene rings is 2. The Bertz CT molecular complexity index is 1100. The Hall–Kier alpha value is -3.35. The van der Waals surface area contributed by atoms with Crippen molar-refractivity contribution in [2.24, 2.45) is 17.3 Å². The number of aliphatic carboxylic acids is 1. The Labute approximate surface area is 205 Å². The van der Waals surface area contributed by atoms with Crippen LogP contribution in [-0.4, -0.2) is 54.2 Å². The molecule has 0 radical (unpaired) electrons. The van der Waals surface area contributed by atoms with E-state index in [2.05, 4.69) is 29.6 Å². The lowest BCUT2D eigenvalue weighted by Gasteiger charge is -2.25. The van der Waals surface area contributed by atoms with E-state index in [9.17, 15) is 19.5 Å². The van der Waals surface area contributed by atoms with Crippen molar-refractivity contribution in [1.29, 1.82) is 0 Å². The average Bonchev–Trinajstić information content (AvgIpc) is 3.50. The van der Waals surface area contributed by atoms with Gasteiger partial charge in [0.1, 0.15) is 6.61 Å². The summed E-state index contributed by atoms with van der Waals surface area (Å²) in [5.74, 6) is -0.819. The number of alkyl carbamates (subject to hydrolysis) is 1. The molecule has 35 heavy (non-hydrogen) atoms. The standard InChI is InChI=1S/C28H32N2O5/c1-28(26(32)33)12-13-30(17-28)25(31)19(14-18-10-11-18)15-29-27(34)35-16-24-22-8-4-2-6-20(22)21-7-3-5-9-23(21)24/h2-9,18-19,24H,10-17H2,1H3,(H,29,34)(H,32,33). The molecule has 0 bridgehead atoms. The van der Waals surface area contributed by atoms with Gasteiger partial charge in [-0.25, -0.2) is 4.79 Å². The second-order valence-corrected chi connectivity index (χ2v) is 10.5. The van der Waals surface area contributed by atoms with Crippen molar-refractivity contribution in [2.75, 3.05) is 26.2 Å². The zero-order valence-corrected chi connectivity index (χ0v) is 20.0. The summed E-state index contributed by atoms with van der Waals surface area (Å²) >= 11 is 0. The summed E-state index contributed by atoms with van der Waals surface area (Å²) in [5, 5.41) is 12.3. The highest BCUT2D eigenvalue weighted by Gasteiger charge is 2.44. The normalized spacial score (nSPS) is 21.8. The lowest BCUT2D eigenvalue weighted by atomic mass is 9.90. The molecule has 2 aliphatic carbocycles. The number of carbonyl (C=O) groups excluding carboxylic acids is 2. The van der Waals surface area contributed by atoms with Gasteiger partial charge in [-0.05, 0) is 47.9 Å². The van der Waals surface area contributed by atoms with Gasteiger partial charge in [0.05, 0.1) is 11.3 Å². The summed E-state index contributed by atoms with van der Waals surface area (Å²) < 4.78 is 5.63. The fraction of sp³-hybridized carbons (Fsp3) is 0.464. The Morgan fingerprint density at radius 3 is 2.29 bits per heavy atom. The van der Waals surface area contributed by atoms with E-state index in [1.165, 1.54) is 11.1 Å². The number of nitrogens with zero attached hydrogens (tertiary/aromatic N) is 1. The lowest BCUT2D eigenvalue weighted by Crippen LogP contribution is -2.42. The molecule has 1 heterocycles. The highest BCUT2D eigenvalue weighted by molar-refractivity contribution is 5.83. The topological polar surface area (TPSA) is 95.9 Å². The molecule has 2 unspecified atom stereocenters. The van der Waals surface area contributed by atoms with Crippen molar-refractivity contribution in [2.45, 2.75) is 38.5 Å². The van der Waals surface area contributed by atoms with Gasteiger partial charge >= 0.3 is 12.1 Å². The largest absolute Gasteiger partial charge is 0.481 e. The fourth-order valence-corrected chi connectivity index (χ4v) is 5.47. The van der Waals surface area contributed by atoms with Gasteiger partial charge in [0.15, 0.2) is 0 Å². The third kappa shape index (κ3) is 4.77. The van der Waals surface area contributed by atoms with Crippen molar-refractivity contribution < 1.29 is 24.2 Å². The van der Waals surface area contributed by atoms with Crippen LogP contribution in [0, 0.1) is 17.3 Å². The molecule has 2 aromatic carbocycles. The zero-order valence-electron chi connectivity index (χ0n) is 20.0. The minimum atomic E-state index is -0.903. The number of amides is 2. The second kappa shape index (κ2) is 9.36. The molecule has 2 N–H and O–H groups in total. The number of likely N-dealkylation sites (tertiary alicyclic amines) is 1. The Morgan fingerprint density at radius 2 is 1.71 bits per heavy atom. The predicted molar refractivity (Wildman–Crippen MR) is 131 cm³/mol. The van der Waals surface area contributed by atoms with Crippen LogP contribution in [0.15, 0.2) is 48.5 Å². The van der Waals surface area contributed by atoms with E-state index in [1.807, 2.05) is 24.3 Å². The van der Waals surface area contributed by atoms with Gasteiger partial charge in [-0.2, -0.15) is 0 Å². The molecule has 2 fully saturated rings. The minimum absolute atomic E-state index is 0.0182. The quantitative estimate of drug-likeness (QED) is 0.593. The van der Waals surface area contributed by atoms with Crippen LogP contribution in [0.4, 0.5) is 4.79 Å². The maximum atomic E-state index is 13.2. The number of rotatable bonds is 8. The van der Waals surface area contributed by atoms with Gasteiger partial charge in [0.25, 0.3) is 0 Å². The summed E-state index contributed by atoms with van der Waals surface area (Å²) in [4.78, 5) is 39.1. The van der Waals surface area contributed by atoms with E-state index in [-0.39, 0.29) is 37.4 Å². The smallest absolute Gasteiger partial charge is 0.407 e. The van der Waals surface area contributed by atoms with Crippen LogP contribution in [0.3, 0.4) is 0 Å². The molecule has 2 atom stereocenters. The first-order valence-electron chi connectivity index (χ1n) is 12.5. The van der Waals surface area contributed by atoms with E-state index in [0.29, 0.717) is 25.3 Å². The molecule has 2 aromatic rings. The highest BCUT2D eigenvalue weighted by Crippen LogP contribution is 2.44. The van der Waals surface area contributed by atoms with Crippen LogP contribution in [-0.2, 0) is 14.3 Å². The number of ether oxygens (including phenoxy) is 1. The van der Waals surface area contributed by atoms with E-state index in [0.717, 1.165) is 24.0 Å². The van der Waals surface area contributed by atoms with Crippen molar-refractivity contribution in [1.82, 2.24) is 10.2 Å². The summed E-state index contributed by atoms with van der Waals surface area (Å²) in [6, 6.07) is 16.4. The molecule has 5 rings (SSSR count). The van der Waals surface area contributed by atoms with Crippen LogP contribution < -0.4 is 5.32 Å². The monoisotopic (exact) mass is 476 g/mol. The van der Waals surface area contributed by atoms with Crippen LogP contribution in [0.2, 0.25) is 0 Å². The van der Waals surface area contributed by atoms with Crippen LogP contribution >= 0.6 is 0 Å². The lowest BCUT2D eigenvalue weighted by molar-refractivity contribution is -0.147. The molecule has 0 aromatic heterocycles. The van der Waals surface area contributed by atoms with Crippen molar-refractivity contribution in [3.8, 4) is 11.1 Å². The number of fused-ring (bicyclic) bond motifs is 3. The van der Waals surface area contributed by atoms with Gasteiger partial charge in [0, 0.05) is 25.6 Å². The fourth-order valence-electron chi connectivity index (χ4n) is 5.47. The third-order valence-electron chi connectivity index (χ3n) is 7.80. The molecule has 7 heteroatoms. The van der Waals surface area contributed by atoms with Crippen molar-refractivity contribution in [3.05, 3.63) is 59.7 Å². The van der Waals surface area contributed by atoms with E-state index >= 15 is 0 Å². The third-order valence-corrected chi connectivity index (χ3v) is 7.80. The molecule has 2 amide bonds. The first-order valence-corrected chi connectivity index (χ1v) is 12.5. The molecule has 7 nitrogen and oxygen atoms in total. The van der Waals surface area contributed by atoms with Crippen LogP contribution in [0.1, 0.15) is 49.7 Å². The van der Waals surface area contributed by atoms with Crippen LogP contribution in [0.5, 0.6) is 0 Å². The SMILES string of the molecule is CC1(C(=O)O)CCN(C(=O)C(CNC(=O)OCC2c3ccccc3-c3ccccc32)CC2CC2)C1. The maximum absolute atomic E-state index is 13.2. The number of carbonyl (C=O) groups is 3. The van der Waals surface area contributed by atoms with E-state index in [1.54, 1.807) is 11.8 Å². The first-order chi connectivity index (χ1) is 16.9. The van der Waals surface area contributed by atoms with Crippen molar-refractivity contribution >= 4 is 18.0 Å². The van der Waals surface area contributed by atoms with E-state index < -0.39 is 17.5 Å². The molecule has 1 saturated heterocycles. The number of carboxylic acid groups (broad SMARTS) is 1.